The first-order valence-corrected chi connectivity index (χ1v) is 6.87. The van der Waals surface area contributed by atoms with E-state index in [0.717, 1.165) is 18.5 Å². The zero-order valence-electron chi connectivity index (χ0n) is 11.6. The maximum Gasteiger partial charge on any atom is 0.340 e. The monoisotopic (exact) mass is 273 g/mol. The molecule has 5 nitrogen and oxygen atoms in total. The van der Waals surface area contributed by atoms with Gasteiger partial charge in [-0.05, 0) is 38.0 Å². The molecule has 1 aliphatic rings. The molecule has 0 unspecified atom stereocenters. The van der Waals surface area contributed by atoms with Crippen LogP contribution in [0.3, 0.4) is 0 Å². The first-order chi connectivity index (χ1) is 9.67. The van der Waals surface area contributed by atoms with Gasteiger partial charge in [-0.2, -0.15) is 5.26 Å². The number of nitrogen functional groups attached to an aromatic ring is 1. The maximum atomic E-state index is 11.9. The summed E-state index contributed by atoms with van der Waals surface area (Å²) in [4.78, 5) is 14.0. The van der Waals surface area contributed by atoms with Gasteiger partial charge in [0.25, 0.3) is 0 Å². The minimum absolute atomic E-state index is 0.323. The van der Waals surface area contributed by atoms with Gasteiger partial charge in [-0.3, -0.25) is 0 Å². The lowest BCUT2D eigenvalue weighted by Gasteiger charge is -2.24. The molecule has 2 rings (SSSR count). The molecule has 1 saturated carbocycles. The Bertz CT molecular complexity index is 532. The summed E-state index contributed by atoms with van der Waals surface area (Å²) in [6.45, 7) is 2.76. The average molecular weight is 273 g/mol. The van der Waals surface area contributed by atoms with Gasteiger partial charge in [-0.15, -0.1) is 0 Å². The van der Waals surface area contributed by atoms with E-state index < -0.39 is 5.97 Å². The zero-order valence-corrected chi connectivity index (χ0v) is 11.6. The minimum atomic E-state index is -0.400. The SMILES string of the molecule is CCOC(=O)c1cc(N(CCC#N)C2CC2)ccc1N. The van der Waals surface area contributed by atoms with Crippen LogP contribution in [0, 0.1) is 11.3 Å². The third-order valence-corrected chi connectivity index (χ3v) is 3.32. The van der Waals surface area contributed by atoms with Crippen LogP contribution in [0.15, 0.2) is 18.2 Å². The van der Waals surface area contributed by atoms with Crippen LogP contribution in [0.25, 0.3) is 0 Å². The molecule has 0 aromatic heterocycles. The van der Waals surface area contributed by atoms with Crippen LogP contribution in [0.4, 0.5) is 11.4 Å². The maximum absolute atomic E-state index is 11.9. The van der Waals surface area contributed by atoms with Crippen LogP contribution in [-0.2, 0) is 4.74 Å². The van der Waals surface area contributed by atoms with Gasteiger partial charge in [0.15, 0.2) is 0 Å². The van der Waals surface area contributed by atoms with Crippen molar-refractivity contribution in [2.24, 2.45) is 0 Å². The van der Waals surface area contributed by atoms with E-state index in [1.165, 1.54) is 0 Å². The number of rotatable bonds is 6. The number of nitriles is 1. The van der Waals surface area contributed by atoms with Crippen molar-refractivity contribution in [2.45, 2.75) is 32.2 Å². The molecule has 0 radical (unpaired) electrons. The highest BCUT2D eigenvalue weighted by atomic mass is 16.5. The van der Waals surface area contributed by atoms with Crippen LogP contribution in [-0.4, -0.2) is 25.2 Å². The Labute approximate surface area is 118 Å². The summed E-state index contributed by atoms with van der Waals surface area (Å²) in [6, 6.07) is 8.02. The molecule has 106 valence electrons. The predicted molar refractivity (Wildman–Crippen MR) is 77.4 cm³/mol. The summed E-state index contributed by atoms with van der Waals surface area (Å²) in [5.41, 5.74) is 7.59. The van der Waals surface area contributed by atoms with Gasteiger partial charge in [-0.1, -0.05) is 0 Å². The van der Waals surface area contributed by atoms with Gasteiger partial charge < -0.3 is 15.4 Å². The number of hydrogen-bond acceptors (Lipinski definition) is 5. The van der Waals surface area contributed by atoms with E-state index in [9.17, 15) is 4.79 Å². The fourth-order valence-electron chi connectivity index (χ4n) is 2.19. The van der Waals surface area contributed by atoms with Crippen LogP contribution in [0.2, 0.25) is 0 Å². The van der Waals surface area contributed by atoms with Gasteiger partial charge in [0.1, 0.15) is 0 Å². The van der Waals surface area contributed by atoms with Gasteiger partial charge in [0.2, 0.25) is 0 Å². The lowest BCUT2D eigenvalue weighted by atomic mass is 10.1. The second-order valence-electron chi connectivity index (χ2n) is 4.82. The molecule has 5 heteroatoms. The van der Waals surface area contributed by atoms with Gasteiger partial charge in [0, 0.05) is 24.0 Å². The number of anilines is 2. The van der Waals surface area contributed by atoms with Crippen molar-refractivity contribution in [2.75, 3.05) is 23.8 Å². The Morgan fingerprint density at radius 3 is 2.90 bits per heavy atom. The summed E-state index contributed by atoms with van der Waals surface area (Å²) in [6.07, 6.45) is 2.73. The van der Waals surface area contributed by atoms with E-state index in [0.29, 0.717) is 36.9 Å². The lowest BCUT2D eigenvalue weighted by Crippen LogP contribution is -2.27. The molecule has 1 aliphatic carbocycles. The van der Waals surface area contributed by atoms with E-state index in [4.69, 9.17) is 15.7 Å². The number of ether oxygens (including phenoxy) is 1. The number of hydrogen-bond donors (Lipinski definition) is 1. The van der Waals surface area contributed by atoms with Gasteiger partial charge in [0.05, 0.1) is 24.7 Å². The third kappa shape index (κ3) is 3.21. The summed E-state index contributed by atoms with van der Waals surface area (Å²) in [7, 11) is 0. The highest BCUT2D eigenvalue weighted by molar-refractivity contribution is 5.96. The summed E-state index contributed by atoms with van der Waals surface area (Å²) < 4.78 is 5.01. The fraction of sp³-hybridized carbons (Fsp3) is 0.467. The Balaban J connectivity index is 2.24. The van der Waals surface area contributed by atoms with Gasteiger partial charge >= 0.3 is 5.97 Å². The molecule has 0 aliphatic heterocycles. The van der Waals surface area contributed by atoms with Crippen molar-refractivity contribution in [1.29, 1.82) is 5.26 Å². The Hall–Kier alpha value is -2.22. The Kier molecular flexibility index (Phi) is 4.46. The quantitative estimate of drug-likeness (QED) is 0.635. The van der Waals surface area contributed by atoms with E-state index in [1.807, 2.05) is 6.07 Å². The molecule has 0 heterocycles. The van der Waals surface area contributed by atoms with Crippen LogP contribution >= 0.6 is 0 Å². The molecular weight excluding hydrogens is 254 g/mol. The molecule has 0 amide bonds. The van der Waals surface area contributed by atoms with Crippen LogP contribution in [0.5, 0.6) is 0 Å². The molecule has 0 saturated heterocycles. The second kappa shape index (κ2) is 6.29. The first kappa shape index (κ1) is 14.2. The lowest BCUT2D eigenvalue weighted by molar-refractivity contribution is 0.0527. The fourth-order valence-corrected chi connectivity index (χ4v) is 2.19. The highest BCUT2D eigenvalue weighted by Gasteiger charge is 2.29. The topological polar surface area (TPSA) is 79.3 Å². The summed E-state index contributed by atoms with van der Waals surface area (Å²) in [5, 5.41) is 8.75. The third-order valence-electron chi connectivity index (χ3n) is 3.32. The largest absolute Gasteiger partial charge is 0.462 e. The minimum Gasteiger partial charge on any atom is -0.462 e. The van der Waals surface area contributed by atoms with Crippen LogP contribution < -0.4 is 10.6 Å². The molecule has 0 atom stereocenters. The van der Waals surface area contributed by atoms with Gasteiger partial charge in [-0.25, -0.2) is 4.79 Å². The number of carbonyl (C=O) groups is 1. The zero-order chi connectivity index (χ0) is 14.5. The summed E-state index contributed by atoms with van der Waals surface area (Å²) in [5.74, 6) is -0.400. The molecule has 1 fully saturated rings. The second-order valence-corrected chi connectivity index (χ2v) is 4.82. The van der Waals surface area contributed by atoms with Crippen molar-refractivity contribution < 1.29 is 9.53 Å². The first-order valence-electron chi connectivity index (χ1n) is 6.87. The summed E-state index contributed by atoms with van der Waals surface area (Å²) >= 11 is 0. The van der Waals surface area contributed by atoms with Crippen molar-refractivity contribution >= 4 is 17.3 Å². The van der Waals surface area contributed by atoms with Crippen molar-refractivity contribution in [3.8, 4) is 6.07 Å². The normalized spacial score (nSPS) is 13.6. The van der Waals surface area contributed by atoms with Crippen molar-refractivity contribution in [1.82, 2.24) is 0 Å². The van der Waals surface area contributed by atoms with Crippen molar-refractivity contribution in [3.63, 3.8) is 0 Å². The number of nitrogens with zero attached hydrogens (tertiary/aromatic N) is 2. The molecule has 1 aromatic rings. The molecule has 1 aromatic carbocycles. The molecular formula is C15H19N3O2. The average Bonchev–Trinajstić information content (AvgIpc) is 3.25. The van der Waals surface area contributed by atoms with Crippen LogP contribution in [0.1, 0.15) is 36.5 Å². The number of nitrogens with two attached hydrogens (primary N) is 1. The standard InChI is InChI=1S/C15H19N3O2/c1-2-20-15(19)13-10-12(6-7-14(13)17)18(9-3-8-16)11-4-5-11/h6-7,10-11H,2-5,9,17H2,1H3. The molecule has 20 heavy (non-hydrogen) atoms. The Morgan fingerprint density at radius 2 is 2.30 bits per heavy atom. The molecule has 2 N–H and O–H groups in total. The van der Waals surface area contributed by atoms with E-state index in [-0.39, 0.29) is 0 Å². The predicted octanol–water partition coefficient (Wildman–Crippen LogP) is 2.33. The Morgan fingerprint density at radius 1 is 1.55 bits per heavy atom. The number of esters is 1. The van der Waals surface area contributed by atoms with E-state index in [2.05, 4.69) is 11.0 Å². The van der Waals surface area contributed by atoms with Crippen molar-refractivity contribution in [3.05, 3.63) is 23.8 Å². The number of benzene rings is 1. The van der Waals surface area contributed by atoms with E-state index in [1.54, 1.807) is 19.1 Å². The smallest absolute Gasteiger partial charge is 0.340 e. The molecule has 0 spiro atoms. The molecule has 0 bridgehead atoms. The number of carbonyl (C=O) groups excluding carboxylic acids is 1. The highest BCUT2D eigenvalue weighted by Crippen LogP contribution is 2.33. The van der Waals surface area contributed by atoms with E-state index >= 15 is 0 Å².